The highest BCUT2D eigenvalue weighted by Gasteiger charge is 2.07. The molecule has 1 N–H and O–H groups in total. The molecule has 0 amide bonds. The van der Waals surface area contributed by atoms with Gasteiger partial charge < -0.3 is 5.32 Å². The number of rotatable bonds is 5. The normalized spacial score (nSPS) is 12.2. The molecule has 2 rings (SSSR count). The van der Waals surface area contributed by atoms with Gasteiger partial charge in [0.2, 0.25) is 0 Å². The molecule has 0 aliphatic heterocycles. The van der Waals surface area contributed by atoms with Crippen molar-refractivity contribution in [3.8, 4) is 0 Å². The first kappa shape index (κ1) is 13.6. The van der Waals surface area contributed by atoms with Crippen LogP contribution in [-0.4, -0.2) is 12.1 Å². The van der Waals surface area contributed by atoms with E-state index in [0.717, 1.165) is 6.54 Å². The Hall–Kier alpha value is -0.860. The third-order valence-corrected chi connectivity index (χ3v) is 4.10. The summed E-state index contributed by atoms with van der Waals surface area (Å²) >= 11 is 1.87. The second kappa shape index (κ2) is 5.85. The van der Waals surface area contributed by atoms with Crippen molar-refractivity contribution in [3.63, 3.8) is 0 Å². The lowest BCUT2D eigenvalue weighted by molar-refractivity contribution is 0.419. The first-order valence-electron chi connectivity index (χ1n) is 6.76. The second-order valence-electron chi connectivity index (χ2n) is 5.89. The monoisotopic (exact) mass is 261 g/mol. The SMILES string of the molecule is CC(C)(C)NCCCCc1csc2ccccc12. The van der Waals surface area contributed by atoms with E-state index >= 15 is 0 Å². The van der Waals surface area contributed by atoms with Gasteiger partial charge in [0, 0.05) is 10.2 Å². The number of fused-ring (bicyclic) bond motifs is 1. The van der Waals surface area contributed by atoms with Gasteiger partial charge in [0.15, 0.2) is 0 Å². The zero-order valence-corrected chi connectivity index (χ0v) is 12.4. The van der Waals surface area contributed by atoms with Crippen molar-refractivity contribution in [2.75, 3.05) is 6.54 Å². The Morgan fingerprint density at radius 3 is 2.67 bits per heavy atom. The predicted molar refractivity (Wildman–Crippen MR) is 82.5 cm³/mol. The second-order valence-corrected chi connectivity index (χ2v) is 6.80. The molecule has 0 atom stereocenters. The minimum atomic E-state index is 0.245. The van der Waals surface area contributed by atoms with Crippen molar-refractivity contribution in [1.82, 2.24) is 5.32 Å². The van der Waals surface area contributed by atoms with E-state index in [2.05, 4.69) is 55.7 Å². The molecule has 0 saturated carbocycles. The van der Waals surface area contributed by atoms with E-state index in [1.807, 2.05) is 11.3 Å². The van der Waals surface area contributed by atoms with Crippen molar-refractivity contribution >= 4 is 21.4 Å². The Morgan fingerprint density at radius 1 is 1.11 bits per heavy atom. The summed E-state index contributed by atoms with van der Waals surface area (Å²) in [5.41, 5.74) is 1.76. The van der Waals surface area contributed by atoms with Crippen molar-refractivity contribution in [2.45, 2.75) is 45.6 Å². The molecule has 0 saturated heterocycles. The molecule has 98 valence electrons. The quantitative estimate of drug-likeness (QED) is 0.775. The Morgan fingerprint density at radius 2 is 1.89 bits per heavy atom. The van der Waals surface area contributed by atoms with Gasteiger partial charge in [-0.05, 0) is 69.0 Å². The molecule has 1 heterocycles. The van der Waals surface area contributed by atoms with Crippen molar-refractivity contribution < 1.29 is 0 Å². The number of thiophene rings is 1. The van der Waals surface area contributed by atoms with E-state index in [1.54, 1.807) is 0 Å². The lowest BCUT2D eigenvalue weighted by Crippen LogP contribution is -2.36. The van der Waals surface area contributed by atoms with Gasteiger partial charge in [-0.15, -0.1) is 11.3 Å². The maximum Gasteiger partial charge on any atom is 0.0345 e. The fourth-order valence-electron chi connectivity index (χ4n) is 2.13. The van der Waals surface area contributed by atoms with Gasteiger partial charge in [0.05, 0.1) is 0 Å². The van der Waals surface area contributed by atoms with Gasteiger partial charge in [-0.1, -0.05) is 18.2 Å². The van der Waals surface area contributed by atoms with Gasteiger partial charge in [0.1, 0.15) is 0 Å². The van der Waals surface area contributed by atoms with Gasteiger partial charge in [-0.3, -0.25) is 0 Å². The summed E-state index contributed by atoms with van der Waals surface area (Å²) in [6, 6.07) is 8.72. The Kier molecular flexibility index (Phi) is 4.41. The molecule has 18 heavy (non-hydrogen) atoms. The highest BCUT2D eigenvalue weighted by molar-refractivity contribution is 7.17. The van der Waals surface area contributed by atoms with Crippen LogP contribution in [-0.2, 0) is 6.42 Å². The first-order valence-corrected chi connectivity index (χ1v) is 7.64. The maximum atomic E-state index is 3.54. The molecule has 1 aromatic heterocycles. The van der Waals surface area contributed by atoms with Crippen LogP contribution in [0.5, 0.6) is 0 Å². The largest absolute Gasteiger partial charge is 0.312 e. The molecule has 0 unspecified atom stereocenters. The minimum Gasteiger partial charge on any atom is -0.312 e. The van der Waals surface area contributed by atoms with Crippen LogP contribution < -0.4 is 5.32 Å². The molecule has 2 heteroatoms. The zero-order valence-electron chi connectivity index (χ0n) is 11.6. The van der Waals surface area contributed by atoms with Crippen LogP contribution in [0.1, 0.15) is 39.2 Å². The Balaban J connectivity index is 1.80. The maximum absolute atomic E-state index is 3.54. The van der Waals surface area contributed by atoms with E-state index in [9.17, 15) is 0 Å². The van der Waals surface area contributed by atoms with Crippen LogP contribution >= 0.6 is 11.3 Å². The minimum absolute atomic E-state index is 0.245. The Bertz CT molecular complexity index is 493. The molecule has 0 spiro atoms. The van der Waals surface area contributed by atoms with Crippen LogP contribution in [0.3, 0.4) is 0 Å². The summed E-state index contributed by atoms with van der Waals surface area (Å²) in [4.78, 5) is 0. The van der Waals surface area contributed by atoms with Crippen LogP contribution in [0.15, 0.2) is 29.6 Å². The van der Waals surface area contributed by atoms with Gasteiger partial charge in [-0.2, -0.15) is 0 Å². The van der Waals surface area contributed by atoms with E-state index in [-0.39, 0.29) is 5.54 Å². The summed E-state index contributed by atoms with van der Waals surface area (Å²) in [7, 11) is 0. The summed E-state index contributed by atoms with van der Waals surface area (Å²) in [6.07, 6.45) is 3.72. The smallest absolute Gasteiger partial charge is 0.0345 e. The average molecular weight is 261 g/mol. The summed E-state index contributed by atoms with van der Waals surface area (Å²) in [5, 5.41) is 7.31. The average Bonchev–Trinajstić information content (AvgIpc) is 2.71. The van der Waals surface area contributed by atoms with Gasteiger partial charge in [0.25, 0.3) is 0 Å². The highest BCUT2D eigenvalue weighted by Crippen LogP contribution is 2.26. The summed E-state index contributed by atoms with van der Waals surface area (Å²) < 4.78 is 1.42. The lowest BCUT2D eigenvalue weighted by Gasteiger charge is -2.20. The molecular weight excluding hydrogens is 238 g/mol. The van der Waals surface area contributed by atoms with E-state index < -0.39 is 0 Å². The van der Waals surface area contributed by atoms with E-state index in [1.165, 1.54) is 34.9 Å². The van der Waals surface area contributed by atoms with Crippen LogP contribution in [0.2, 0.25) is 0 Å². The predicted octanol–water partition coefficient (Wildman–Crippen LogP) is 4.61. The van der Waals surface area contributed by atoms with Crippen LogP contribution in [0.4, 0.5) is 0 Å². The van der Waals surface area contributed by atoms with Gasteiger partial charge in [-0.25, -0.2) is 0 Å². The molecule has 0 aliphatic rings. The molecule has 1 aromatic carbocycles. The van der Waals surface area contributed by atoms with Crippen molar-refractivity contribution in [2.24, 2.45) is 0 Å². The molecule has 0 fully saturated rings. The Labute approximate surface area is 114 Å². The number of nitrogens with one attached hydrogen (secondary N) is 1. The summed E-state index contributed by atoms with van der Waals surface area (Å²) in [5.74, 6) is 0. The van der Waals surface area contributed by atoms with E-state index in [4.69, 9.17) is 0 Å². The molecule has 0 radical (unpaired) electrons. The number of hydrogen-bond acceptors (Lipinski definition) is 2. The zero-order chi connectivity index (χ0) is 13.0. The molecular formula is C16H23NS. The first-order chi connectivity index (χ1) is 8.56. The lowest BCUT2D eigenvalue weighted by atomic mass is 10.1. The summed E-state index contributed by atoms with van der Waals surface area (Å²) in [6.45, 7) is 7.78. The molecule has 2 aromatic rings. The third kappa shape index (κ3) is 3.82. The fourth-order valence-corrected chi connectivity index (χ4v) is 3.13. The highest BCUT2D eigenvalue weighted by atomic mass is 32.1. The van der Waals surface area contributed by atoms with Gasteiger partial charge >= 0.3 is 0 Å². The number of benzene rings is 1. The molecule has 0 bridgehead atoms. The fraction of sp³-hybridized carbons (Fsp3) is 0.500. The van der Waals surface area contributed by atoms with Crippen LogP contribution in [0.25, 0.3) is 10.1 Å². The molecule has 0 aliphatic carbocycles. The molecule has 1 nitrogen and oxygen atoms in total. The number of unbranched alkanes of at least 4 members (excludes halogenated alkanes) is 1. The number of aryl methyl sites for hydroxylation is 1. The standard InChI is InChI=1S/C16H23NS/c1-16(2,3)17-11-7-6-8-13-12-18-15-10-5-4-9-14(13)15/h4-5,9-10,12,17H,6-8,11H2,1-3H3. The topological polar surface area (TPSA) is 12.0 Å². The van der Waals surface area contributed by atoms with Crippen molar-refractivity contribution in [3.05, 3.63) is 35.2 Å². The van der Waals surface area contributed by atoms with E-state index in [0.29, 0.717) is 0 Å². The number of hydrogen-bond donors (Lipinski definition) is 1. The third-order valence-electron chi connectivity index (χ3n) is 3.09. The van der Waals surface area contributed by atoms with Crippen molar-refractivity contribution in [1.29, 1.82) is 0 Å². The van der Waals surface area contributed by atoms with Crippen LogP contribution in [0, 0.1) is 0 Å².